The van der Waals surface area contributed by atoms with Gasteiger partial charge in [0.25, 0.3) is 5.91 Å². The molecule has 29 heavy (non-hydrogen) atoms. The molecule has 1 aliphatic heterocycles. The molecule has 0 bridgehead atoms. The van der Waals surface area contributed by atoms with Crippen LogP contribution in [-0.4, -0.2) is 40.2 Å². The van der Waals surface area contributed by atoms with E-state index < -0.39 is 21.8 Å². The molecule has 1 fully saturated rings. The molecule has 0 aliphatic carbocycles. The van der Waals surface area contributed by atoms with Crippen LogP contribution >= 0.6 is 23.2 Å². The summed E-state index contributed by atoms with van der Waals surface area (Å²) in [6.07, 6.45) is -0.0968. The van der Waals surface area contributed by atoms with Gasteiger partial charge in [-0.3, -0.25) is 9.59 Å². The first-order chi connectivity index (χ1) is 13.7. The molecule has 1 saturated heterocycles. The number of hydrogen-bond acceptors (Lipinski definition) is 6. The molecule has 0 spiro atoms. The van der Waals surface area contributed by atoms with Crippen LogP contribution in [-0.2, 0) is 14.8 Å². The molecule has 2 aromatic carbocycles. The van der Waals surface area contributed by atoms with Crippen molar-refractivity contribution in [1.29, 1.82) is 0 Å². The number of halogens is 2. The molecule has 154 valence electrons. The van der Waals surface area contributed by atoms with E-state index in [9.17, 15) is 18.0 Å². The highest BCUT2D eigenvalue weighted by atomic mass is 35.5. The van der Waals surface area contributed by atoms with Crippen molar-refractivity contribution in [2.24, 2.45) is 0 Å². The fourth-order valence-corrected chi connectivity index (χ4v) is 4.77. The number of benzene rings is 2. The van der Waals surface area contributed by atoms with E-state index in [0.717, 1.165) is 0 Å². The third-order valence-electron chi connectivity index (χ3n) is 4.23. The minimum atomic E-state index is -3.73. The third kappa shape index (κ3) is 4.12. The zero-order chi connectivity index (χ0) is 21.3. The molecule has 2 aromatic rings. The molecule has 3 rings (SSSR count). The Morgan fingerprint density at radius 2 is 1.76 bits per heavy atom. The second-order valence-corrected chi connectivity index (χ2v) is 8.78. The van der Waals surface area contributed by atoms with E-state index in [1.165, 1.54) is 44.6 Å². The Morgan fingerprint density at radius 1 is 1.07 bits per heavy atom. The van der Waals surface area contributed by atoms with E-state index in [1.807, 2.05) is 0 Å². The molecular weight excluding hydrogens is 443 g/mol. The van der Waals surface area contributed by atoms with Gasteiger partial charge in [0, 0.05) is 18.6 Å². The van der Waals surface area contributed by atoms with Crippen molar-refractivity contribution in [3.63, 3.8) is 0 Å². The van der Waals surface area contributed by atoms with Gasteiger partial charge in [-0.25, -0.2) is 12.7 Å². The Kier molecular flexibility index (Phi) is 5.92. The molecule has 2 amide bonds. The molecule has 1 heterocycles. The second-order valence-electron chi connectivity index (χ2n) is 6.03. The second kappa shape index (κ2) is 8.10. The number of anilines is 2. The topological polar surface area (TPSA) is 102 Å². The zero-order valence-corrected chi connectivity index (χ0v) is 17.7. The van der Waals surface area contributed by atoms with E-state index in [2.05, 4.69) is 5.32 Å². The fraction of sp³-hybridized carbons (Fsp3) is 0.222. The Labute approximate surface area is 177 Å². The van der Waals surface area contributed by atoms with E-state index in [4.69, 9.17) is 32.7 Å². The predicted octanol–water partition coefficient (Wildman–Crippen LogP) is 3.33. The van der Waals surface area contributed by atoms with Crippen molar-refractivity contribution in [2.45, 2.75) is 6.42 Å². The highest BCUT2D eigenvalue weighted by molar-refractivity contribution is 7.94. The minimum absolute atomic E-state index is 0.0187. The summed E-state index contributed by atoms with van der Waals surface area (Å²) >= 11 is 12.2. The molecule has 8 nitrogen and oxygen atoms in total. The molecular formula is C18H16Cl2N2O6S. The number of carbonyl (C=O) groups excluding carboxylic acids is 2. The summed E-state index contributed by atoms with van der Waals surface area (Å²) in [4.78, 5) is 24.6. The first-order valence-corrected chi connectivity index (χ1v) is 10.6. The predicted molar refractivity (Wildman–Crippen MR) is 110 cm³/mol. The average molecular weight is 459 g/mol. The number of methoxy groups -OCH3 is 2. The van der Waals surface area contributed by atoms with Gasteiger partial charge in [-0.1, -0.05) is 23.2 Å². The number of sulfonamides is 1. The van der Waals surface area contributed by atoms with Gasteiger partial charge < -0.3 is 14.8 Å². The summed E-state index contributed by atoms with van der Waals surface area (Å²) in [5, 5.41) is 2.94. The van der Waals surface area contributed by atoms with Gasteiger partial charge in [-0.2, -0.15) is 0 Å². The molecule has 11 heteroatoms. The number of ether oxygens (including phenoxy) is 2. The Balaban J connectivity index is 1.91. The first kappa shape index (κ1) is 21.2. The summed E-state index contributed by atoms with van der Waals surface area (Å²) in [5.74, 6) is -0.729. The van der Waals surface area contributed by atoms with Crippen molar-refractivity contribution in [3.05, 3.63) is 45.9 Å². The van der Waals surface area contributed by atoms with Gasteiger partial charge in [0.1, 0.15) is 11.5 Å². The first-order valence-electron chi connectivity index (χ1n) is 8.26. The van der Waals surface area contributed by atoms with Gasteiger partial charge in [0.15, 0.2) is 0 Å². The number of amides is 2. The van der Waals surface area contributed by atoms with Crippen molar-refractivity contribution in [3.8, 4) is 11.5 Å². The molecule has 0 atom stereocenters. The number of rotatable bonds is 5. The standard InChI is InChI=1S/C18H16Cl2N2O6S/c1-27-15-9-14(16(28-2)8-13(15)20)21-18(24)11-4-3-10(7-12(11)19)22-17(23)5-6-29(22,25)26/h3-4,7-9H,5-6H2,1-2H3,(H,21,24). The highest BCUT2D eigenvalue weighted by Gasteiger charge is 2.36. The molecule has 0 radical (unpaired) electrons. The smallest absolute Gasteiger partial charge is 0.257 e. The van der Waals surface area contributed by atoms with Gasteiger partial charge in [0.05, 0.1) is 47.0 Å². The molecule has 0 saturated carbocycles. The molecule has 1 N–H and O–H groups in total. The summed E-state index contributed by atoms with van der Waals surface area (Å²) < 4.78 is 35.2. The highest BCUT2D eigenvalue weighted by Crippen LogP contribution is 2.36. The van der Waals surface area contributed by atoms with Crippen LogP contribution in [0.3, 0.4) is 0 Å². The SMILES string of the molecule is COc1cc(NC(=O)c2ccc(N3C(=O)CCS3(=O)=O)cc2Cl)c(OC)cc1Cl. The number of hydrogen-bond donors (Lipinski definition) is 1. The number of carbonyl (C=O) groups is 2. The quantitative estimate of drug-likeness (QED) is 0.736. The maximum absolute atomic E-state index is 12.7. The fourth-order valence-electron chi connectivity index (χ4n) is 2.83. The lowest BCUT2D eigenvalue weighted by molar-refractivity contribution is -0.116. The maximum atomic E-state index is 12.7. The van der Waals surface area contributed by atoms with Gasteiger partial charge in [-0.15, -0.1) is 0 Å². The van der Waals surface area contributed by atoms with Crippen LogP contribution in [0, 0.1) is 0 Å². The average Bonchev–Trinajstić information content (AvgIpc) is 2.94. The van der Waals surface area contributed by atoms with Crippen molar-refractivity contribution in [2.75, 3.05) is 29.6 Å². The lowest BCUT2D eigenvalue weighted by Crippen LogP contribution is -2.29. The summed E-state index contributed by atoms with van der Waals surface area (Å²) in [6.45, 7) is 0. The van der Waals surface area contributed by atoms with Crippen LogP contribution in [0.5, 0.6) is 11.5 Å². The van der Waals surface area contributed by atoms with Crippen LogP contribution < -0.4 is 19.1 Å². The van der Waals surface area contributed by atoms with Crippen molar-refractivity contribution >= 4 is 56.4 Å². The Hall–Kier alpha value is -2.49. The van der Waals surface area contributed by atoms with Crippen molar-refractivity contribution < 1.29 is 27.5 Å². The normalized spacial score (nSPS) is 15.3. The van der Waals surface area contributed by atoms with E-state index in [0.29, 0.717) is 26.5 Å². The van der Waals surface area contributed by atoms with Crippen LogP contribution in [0.2, 0.25) is 10.0 Å². The van der Waals surface area contributed by atoms with Crippen LogP contribution in [0.15, 0.2) is 30.3 Å². The van der Waals surface area contributed by atoms with Crippen LogP contribution in [0.25, 0.3) is 0 Å². The van der Waals surface area contributed by atoms with Crippen LogP contribution in [0.4, 0.5) is 11.4 Å². The number of nitrogens with zero attached hydrogens (tertiary/aromatic N) is 1. The monoisotopic (exact) mass is 458 g/mol. The summed E-state index contributed by atoms with van der Waals surface area (Å²) in [6, 6.07) is 6.94. The Bertz CT molecular complexity index is 1100. The third-order valence-corrected chi connectivity index (χ3v) is 6.53. The lowest BCUT2D eigenvalue weighted by Gasteiger charge is -2.17. The maximum Gasteiger partial charge on any atom is 0.257 e. The number of nitrogens with one attached hydrogen (secondary N) is 1. The van der Waals surface area contributed by atoms with Crippen LogP contribution in [0.1, 0.15) is 16.8 Å². The lowest BCUT2D eigenvalue weighted by atomic mass is 10.1. The van der Waals surface area contributed by atoms with E-state index in [-0.39, 0.29) is 28.4 Å². The Morgan fingerprint density at radius 3 is 2.31 bits per heavy atom. The molecule has 0 aromatic heterocycles. The van der Waals surface area contributed by atoms with Gasteiger partial charge in [0.2, 0.25) is 15.9 Å². The summed E-state index contributed by atoms with van der Waals surface area (Å²) in [7, 11) is -0.874. The van der Waals surface area contributed by atoms with Gasteiger partial charge in [-0.05, 0) is 18.2 Å². The zero-order valence-electron chi connectivity index (χ0n) is 15.4. The van der Waals surface area contributed by atoms with E-state index in [1.54, 1.807) is 0 Å². The largest absolute Gasteiger partial charge is 0.495 e. The van der Waals surface area contributed by atoms with E-state index >= 15 is 0 Å². The van der Waals surface area contributed by atoms with Crippen molar-refractivity contribution in [1.82, 2.24) is 0 Å². The summed E-state index contributed by atoms with van der Waals surface area (Å²) in [5.41, 5.74) is 0.464. The van der Waals surface area contributed by atoms with Gasteiger partial charge >= 0.3 is 0 Å². The molecule has 1 aliphatic rings. The minimum Gasteiger partial charge on any atom is -0.495 e. The molecule has 0 unspecified atom stereocenters.